The maximum Gasteiger partial charge on any atom is 0.258 e. The predicted molar refractivity (Wildman–Crippen MR) is 135 cm³/mol. The van der Waals surface area contributed by atoms with Gasteiger partial charge in [-0.1, -0.05) is 29.3 Å². The number of benzene rings is 3. The van der Waals surface area contributed by atoms with Crippen LogP contribution in [0.25, 0.3) is 0 Å². The monoisotopic (exact) mass is 490 g/mol. The fourth-order valence-corrected chi connectivity index (χ4v) is 4.12. The van der Waals surface area contributed by atoms with Crippen molar-refractivity contribution in [2.45, 2.75) is 25.8 Å². The first-order chi connectivity index (χ1) is 16.9. The zero-order valence-electron chi connectivity index (χ0n) is 19.5. The fourth-order valence-electron chi connectivity index (χ4n) is 3.99. The number of likely N-dealkylation sites (tertiary alicyclic amines) is 1. The summed E-state index contributed by atoms with van der Waals surface area (Å²) in [4.78, 5) is 39.4. The van der Waals surface area contributed by atoms with Crippen LogP contribution in [-0.2, 0) is 4.79 Å². The third-order valence-corrected chi connectivity index (χ3v) is 6.29. The van der Waals surface area contributed by atoms with E-state index in [2.05, 4.69) is 5.32 Å². The third-order valence-electron chi connectivity index (χ3n) is 6.04. The Kier molecular flexibility index (Phi) is 7.83. The Bertz CT molecular complexity index is 1180. The largest absolute Gasteiger partial charge is 0.484 e. The molecule has 0 aliphatic carbocycles. The molecule has 0 unspecified atom stereocenters. The number of amides is 2. The van der Waals surface area contributed by atoms with Gasteiger partial charge in [0.2, 0.25) is 0 Å². The summed E-state index contributed by atoms with van der Waals surface area (Å²) in [6, 6.07) is 21.0. The van der Waals surface area contributed by atoms with Crippen LogP contribution < -0.4 is 10.1 Å². The number of carbonyl (C=O) groups is 3. The van der Waals surface area contributed by atoms with E-state index in [-0.39, 0.29) is 30.2 Å². The van der Waals surface area contributed by atoms with Crippen LogP contribution in [0.15, 0.2) is 72.8 Å². The van der Waals surface area contributed by atoms with Crippen LogP contribution >= 0.6 is 11.6 Å². The molecule has 0 atom stereocenters. The number of aryl methyl sites for hydroxylation is 1. The van der Waals surface area contributed by atoms with Gasteiger partial charge in [0.05, 0.1) is 0 Å². The molecule has 7 heteroatoms. The molecule has 6 nitrogen and oxygen atoms in total. The number of nitrogens with zero attached hydrogens (tertiary/aromatic N) is 1. The molecule has 3 aromatic rings. The van der Waals surface area contributed by atoms with Gasteiger partial charge in [0.1, 0.15) is 5.75 Å². The summed E-state index contributed by atoms with van der Waals surface area (Å²) in [6.07, 6.45) is 1.40. The average Bonchev–Trinajstić information content (AvgIpc) is 2.88. The van der Waals surface area contributed by atoms with E-state index in [0.717, 1.165) is 5.56 Å². The van der Waals surface area contributed by atoms with Gasteiger partial charge in [-0.25, -0.2) is 0 Å². The highest BCUT2D eigenvalue weighted by Gasteiger charge is 2.24. The van der Waals surface area contributed by atoms with Gasteiger partial charge in [-0.05, 0) is 80.4 Å². The molecule has 1 N–H and O–H groups in total. The third kappa shape index (κ3) is 6.49. The lowest BCUT2D eigenvalue weighted by molar-refractivity contribution is -0.124. The van der Waals surface area contributed by atoms with Gasteiger partial charge in [0.25, 0.3) is 11.8 Å². The Labute approximate surface area is 209 Å². The van der Waals surface area contributed by atoms with Gasteiger partial charge in [-0.15, -0.1) is 0 Å². The molecule has 3 aromatic carbocycles. The Morgan fingerprint density at radius 1 is 0.857 bits per heavy atom. The first-order valence-electron chi connectivity index (χ1n) is 11.6. The van der Waals surface area contributed by atoms with Crippen LogP contribution in [0.1, 0.15) is 44.7 Å². The summed E-state index contributed by atoms with van der Waals surface area (Å²) >= 11 is 5.88. The van der Waals surface area contributed by atoms with Crippen molar-refractivity contribution in [1.29, 1.82) is 0 Å². The molecule has 2 amide bonds. The van der Waals surface area contributed by atoms with Gasteiger partial charge < -0.3 is 15.0 Å². The van der Waals surface area contributed by atoms with Crippen molar-refractivity contribution in [3.63, 3.8) is 0 Å². The van der Waals surface area contributed by atoms with Crippen LogP contribution in [0.2, 0.25) is 5.02 Å². The highest BCUT2D eigenvalue weighted by molar-refractivity contribution is 6.30. The molecule has 0 radical (unpaired) electrons. The van der Waals surface area contributed by atoms with E-state index in [1.807, 2.05) is 36.1 Å². The first-order valence-corrected chi connectivity index (χ1v) is 12.0. The van der Waals surface area contributed by atoms with Crippen LogP contribution in [0, 0.1) is 6.92 Å². The summed E-state index contributed by atoms with van der Waals surface area (Å²) < 4.78 is 5.59. The number of ether oxygens (including phenoxy) is 1. The summed E-state index contributed by atoms with van der Waals surface area (Å²) in [6.45, 7) is 3.07. The molecule has 35 heavy (non-hydrogen) atoms. The molecule has 1 heterocycles. The van der Waals surface area contributed by atoms with Crippen molar-refractivity contribution >= 4 is 29.2 Å². The van der Waals surface area contributed by atoms with Gasteiger partial charge in [-0.2, -0.15) is 0 Å². The number of piperidine rings is 1. The second kappa shape index (κ2) is 11.2. The highest BCUT2D eigenvalue weighted by atomic mass is 35.5. The predicted octanol–water partition coefficient (Wildman–Crippen LogP) is 4.68. The van der Waals surface area contributed by atoms with Gasteiger partial charge >= 0.3 is 0 Å². The zero-order chi connectivity index (χ0) is 24.8. The lowest BCUT2D eigenvalue weighted by Gasteiger charge is -2.32. The average molecular weight is 491 g/mol. The van der Waals surface area contributed by atoms with Gasteiger partial charge in [0.15, 0.2) is 12.4 Å². The van der Waals surface area contributed by atoms with E-state index in [1.165, 1.54) is 0 Å². The summed E-state index contributed by atoms with van der Waals surface area (Å²) in [5.74, 6) is 0.204. The van der Waals surface area contributed by atoms with E-state index < -0.39 is 0 Å². The number of rotatable bonds is 7. The van der Waals surface area contributed by atoms with E-state index in [1.54, 1.807) is 48.5 Å². The number of halogens is 1. The van der Waals surface area contributed by atoms with Crippen LogP contribution in [0.3, 0.4) is 0 Å². The van der Waals surface area contributed by atoms with Gasteiger partial charge in [-0.3, -0.25) is 14.4 Å². The maximum atomic E-state index is 12.7. The Balaban J connectivity index is 1.21. The lowest BCUT2D eigenvalue weighted by atomic mass is 10.0. The maximum absolute atomic E-state index is 12.7. The van der Waals surface area contributed by atoms with Crippen molar-refractivity contribution in [1.82, 2.24) is 10.2 Å². The Morgan fingerprint density at radius 3 is 2.00 bits per heavy atom. The van der Waals surface area contributed by atoms with Crippen LogP contribution in [0.4, 0.5) is 0 Å². The zero-order valence-corrected chi connectivity index (χ0v) is 20.3. The van der Waals surface area contributed by atoms with Crippen molar-refractivity contribution < 1.29 is 19.1 Å². The topological polar surface area (TPSA) is 75.7 Å². The van der Waals surface area contributed by atoms with E-state index in [0.29, 0.717) is 53.4 Å². The quantitative estimate of drug-likeness (QED) is 0.488. The summed E-state index contributed by atoms with van der Waals surface area (Å²) in [5, 5.41) is 3.56. The minimum Gasteiger partial charge on any atom is -0.484 e. The van der Waals surface area contributed by atoms with Crippen molar-refractivity contribution in [2.75, 3.05) is 19.7 Å². The molecule has 1 saturated heterocycles. The first kappa shape index (κ1) is 24.5. The van der Waals surface area contributed by atoms with Crippen molar-refractivity contribution in [3.8, 4) is 5.75 Å². The molecule has 1 aliphatic rings. The number of nitrogens with one attached hydrogen (secondary N) is 1. The molecular weight excluding hydrogens is 464 g/mol. The molecule has 0 bridgehead atoms. The van der Waals surface area contributed by atoms with Crippen molar-refractivity contribution in [2.24, 2.45) is 0 Å². The minimum absolute atomic E-state index is 0.00698. The Morgan fingerprint density at radius 2 is 1.40 bits per heavy atom. The van der Waals surface area contributed by atoms with E-state index >= 15 is 0 Å². The van der Waals surface area contributed by atoms with E-state index in [4.69, 9.17) is 16.3 Å². The fraction of sp³-hybridized carbons (Fsp3) is 0.250. The highest BCUT2D eigenvalue weighted by Crippen LogP contribution is 2.18. The Hall–Kier alpha value is -3.64. The number of hydrogen-bond acceptors (Lipinski definition) is 4. The smallest absolute Gasteiger partial charge is 0.258 e. The van der Waals surface area contributed by atoms with Crippen LogP contribution in [-0.4, -0.2) is 48.2 Å². The molecule has 4 rings (SSSR count). The van der Waals surface area contributed by atoms with Gasteiger partial charge in [0, 0.05) is 40.8 Å². The lowest BCUT2D eigenvalue weighted by Crippen LogP contribution is -2.47. The number of carbonyl (C=O) groups excluding carboxylic acids is 3. The van der Waals surface area contributed by atoms with E-state index in [9.17, 15) is 14.4 Å². The molecular formula is C28H27ClN2O4. The number of hydrogen-bond donors (Lipinski definition) is 1. The molecule has 0 saturated carbocycles. The number of ketones is 1. The molecule has 180 valence electrons. The molecule has 1 aliphatic heterocycles. The summed E-state index contributed by atoms with van der Waals surface area (Å²) in [7, 11) is 0. The standard InChI is InChI=1S/C28H27ClN2O4/c1-19-2-4-22(5-3-19)28(34)31-16-14-24(15-17-31)30-26(32)18-35-25-12-8-21(9-13-25)27(33)20-6-10-23(29)11-7-20/h2-13,24H,14-18H2,1H3,(H,30,32). The SMILES string of the molecule is Cc1ccc(C(=O)N2CCC(NC(=O)COc3ccc(C(=O)c4ccc(Cl)cc4)cc3)CC2)cc1. The summed E-state index contributed by atoms with van der Waals surface area (Å²) in [5.41, 5.74) is 2.88. The second-order valence-corrected chi connectivity index (χ2v) is 9.09. The molecule has 1 fully saturated rings. The van der Waals surface area contributed by atoms with Crippen LogP contribution in [0.5, 0.6) is 5.75 Å². The second-order valence-electron chi connectivity index (χ2n) is 8.65. The normalized spacial score (nSPS) is 13.8. The minimum atomic E-state index is -0.213. The molecule has 0 aromatic heterocycles. The van der Waals surface area contributed by atoms with Crippen molar-refractivity contribution in [3.05, 3.63) is 100 Å². The molecule has 0 spiro atoms.